The standard InChI is InChI=1S/C12H18O3/c1-4-14-11-6-10(8-13)7-12(9(11)3)15-5-2/h6-7,13H,4-5,8H2,1-3H3. The zero-order valence-electron chi connectivity index (χ0n) is 9.54. The first-order chi connectivity index (χ1) is 7.22. The van der Waals surface area contributed by atoms with Gasteiger partial charge >= 0.3 is 0 Å². The smallest absolute Gasteiger partial charge is 0.126 e. The van der Waals surface area contributed by atoms with E-state index in [0.29, 0.717) is 13.2 Å². The van der Waals surface area contributed by atoms with E-state index in [9.17, 15) is 0 Å². The Balaban J connectivity index is 3.08. The molecule has 1 rings (SSSR count). The molecule has 0 aromatic heterocycles. The van der Waals surface area contributed by atoms with E-state index in [1.165, 1.54) is 0 Å². The van der Waals surface area contributed by atoms with E-state index in [2.05, 4.69) is 0 Å². The molecule has 0 heterocycles. The summed E-state index contributed by atoms with van der Waals surface area (Å²) in [6.07, 6.45) is 0. The van der Waals surface area contributed by atoms with Gasteiger partial charge in [-0.2, -0.15) is 0 Å². The first kappa shape index (κ1) is 11.9. The molecule has 0 aliphatic rings. The van der Waals surface area contributed by atoms with Crippen LogP contribution < -0.4 is 9.47 Å². The Morgan fingerprint density at radius 3 is 1.87 bits per heavy atom. The van der Waals surface area contributed by atoms with Crippen molar-refractivity contribution in [1.82, 2.24) is 0 Å². The maximum atomic E-state index is 9.10. The predicted molar refractivity (Wildman–Crippen MR) is 59.4 cm³/mol. The highest BCUT2D eigenvalue weighted by molar-refractivity contribution is 5.47. The van der Waals surface area contributed by atoms with Crippen LogP contribution in [-0.2, 0) is 6.61 Å². The molecule has 0 fully saturated rings. The number of aliphatic hydroxyl groups is 1. The van der Waals surface area contributed by atoms with Gasteiger partial charge in [0, 0.05) is 5.56 Å². The number of benzene rings is 1. The molecule has 0 saturated carbocycles. The van der Waals surface area contributed by atoms with Crippen LogP contribution in [0.15, 0.2) is 12.1 Å². The van der Waals surface area contributed by atoms with Crippen LogP contribution in [0.5, 0.6) is 11.5 Å². The summed E-state index contributed by atoms with van der Waals surface area (Å²) in [5.74, 6) is 1.57. The van der Waals surface area contributed by atoms with Gasteiger partial charge in [0.15, 0.2) is 0 Å². The van der Waals surface area contributed by atoms with E-state index in [4.69, 9.17) is 14.6 Å². The quantitative estimate of drug-likeness (QED) is 0.810. The van der Waals surface area contributed by atoms with Crippen LogP contribution in [-0.4, -0.2) is 18.3 Å². The van der Waals surface area contributed by atoms with Gasteiger partial charge in [-0.15, -0.1) is 0 Å². The molecule has 0 atom stereocenters. The molecule has 3 heteroatoms. The number of hydrogen-bond donors (Lipinski definition) is 1. The largest absolute Gasteiger partial charge is 0.493 e. The molecular formula is C12H18O3. The third-order valence-corrected chi connectivity index (χ3v) is 2.15. The molecule has 0 spiro atoms. The lowest BCUT2D eigenvalue weighted by molar-refractivity contribution is 0.276. The normalized spacial score (nSPS) is 10.1. The van der Waals surface area contributed by atoms with Gasteiger partial charge in [-0.3, -0.25) is 0 Å². The minimum Gasteiger partial charge on any atom is -0.493 e. The van der Waals surface area contributed by atoms with Crippen LogP contribution in [0.1, 0.15) is 25.0 Å². The van der Waals surface area contributed by atoms with Crippen LogP contribution in [0.4, 0.5) is 0 Å². The predicted octanol–water partition coefficient (Wildman–Crippen LogP) is 2.28. The molecule has 0 unspecified atom stereocenters. The maximum Gasteiger partial charge on any atom is 0.126 e. The molecule has 1 aromatic rings. The Morgan fingerprint density at radius 2 is 1.53 bits per heavy atom. The van der Waals surface area contributed by atoms with Crippen molar-refractivity contribution in [3.8, 4) is 11.5 Å². The van der Waals surface area contributed by atoms with Crippen LogP contribution in [0.3, 0.4) is 0 Å². The van der Waals surface area contributed by atoms with Crippen molar-refractivity contribution in [1.29, 1.82) is 0 Å². The molecule has 15 heavy (non-hydrogen) atoms. The molecular weight excluding hydrogens is 192 g/mol. The second-order valence-corrected chi connectivity index (χ2v) is 3.24. The van der Waals surface area contributed by atoms with Crippen LogP contribution in [0.25, 0.3) is 0 Å². The molecule has 1 N–H and O–H groups in total. The van der Waals surface area contributed by atoms with Crippen molar-refractivity contribution in [3.05, 3.63) is 23.3 Å². The molecule has 0 bridgehead atoms. The lowest BCUT2D eigenvalue weighted by Crippen LogP contribution is -2.00. The Kier molecular flexibility index (Phi) is 4.43. The van der Waals surface area contributed by atoms with Crippen molar-refractivity contribution in [2.75, 3.05) is 13.2 Å². The number of rotatable bonds is 5. The topological polar surface area (TPSA) is 38.7 Å². The third kappa shape index (κ3) is 2.86. The minimum atomic E-state index is 0.000425. The fourth-order valence-corrected chi connectivity index (χ4v) is 1.42. The Hall–Kier alpha value is -1.22. The highest BCUT2D eigenvalue weighted by Crippen LogP contribution is 2.29. The Labute approximate surface area is 90.6 Å². The van der Waals surface area contributed by atoms with Gasteiger partial charge in [0.1, 0.15) is 11.5 Å². The fraction of sp³-hybridized carbons (Fsp3) is 0.500. The Bertz CT molecular complexity index is 294. The lowest BCUT2D eigenvalue weighted by atomic mass is 10.1. The van der Waals surface area contributed by atoms with E-state index in [-0.39, 0.29) is 6.61 Å². The maximum absolute atomic E-state index is 9.10. The molecule has 84 valence electrons. The van der Waals surface area contributed by atoms with Crippen molar-refractivity contribution >= 4 is 0 Å². The zero-order valence-corrected chi connectivity index (χ0v) is 9.54. The highest BCUT2D eigenvalue weighted by Gasteiger charge is 2.08. The molecule has 0 saturated heterocycles. The minimum absolute atomic E-state index is 0.000425. The van der Waals surface area contributed by atoms with Crippen LogP contribution >= 0.6 is 0 Å². The number of aliphatic hydroxyl groups excluding tert-OH is 1. The summed E-state index contributed by atoms with van der Waals surface area (Å²) in [5, 5.41) is 9.10. The highest BCUT2D eigenvalue weighted by atomic mass is 16.5. The van der Waals surface area contributed by atoms with Crippen molar-refractivity contribution < 1.29 is 14.6 Å². The summed E-state index contributed by atoms with van der Waals surface area (Å²) in [4.78, 5) is 0. The fourth-order valence-electron chi connectivity index (χ4n) is 1.42. The third-order valence-electron chi connectivity index (χ3n) is 2.15. The average Bonchev–Trinajstić information content (AvgIpc) is 2.24. The van der Waals surface area contributed by atoms with Crippen molar-refractivity contribution in [2.24, 2.45) is 0 Å². The molecule has 0 aliphatic carbocycles. The summed E-state index contributed by atoms with van der Waals surface area (Å²) < 4.78 is 11.0. The molecule has 0 amide bonds. The van der Waals surface area contributed by atoms with Gasteiger partial charge in [-0.25, -0.2) is 0 Å². The molecule has 0 aliphatic heterocycles. The number of hydrogen-bond acceptors (Lipinski definition) is 3. The lowest BCUT2D eigenvalue weighted by Gasteiger charge is -2.13. The van der Waals surface area contributed by atoms with E-state index < -0.39 is 0 Å². The van der Waals surface area contributed by atoms with E-state index in [1.54, 1.807) is 0 Å². The second kappa shape index (κ2) is 5.61. The van der Waals surface area contributed by atoms with E-state index >= 15 is 0 Å². The summed E-state index contributed by atoms with van der Waals surface area (Å²) in [7, 11) is 0. The number of ether oxygens (including phenoxy) is 2. The van der Waals surface area contributed by atoms with Crippen molar-refractivity contribution in [3.63, 3.8) is 0 Å². The van der Waals surface area contributed by atoms with Gasteiger partial charge in [-0.1, -0.05) is 0 Å². The van der Waals surface area contributed by atoms with Gasteiger partial charge in [0.05, 0.1) is 19.8 Å². The van der Waals surface area contributed by atoms with Gasteiger partial charge < -0.3 is 14.6 Å². The summed E-state index contributed by atoms with van der Waals surface area (Å²) in [5.41, 5.74) is 1.79. The van der Waals surface area contributed by atoms with Crippen LogP contribution in [0, 0.1) is 6.92 Å². The van der Waals surface area contributed by atoms with E-state index in [0.717, 1.165) is 22.6 Å². The molecule has 3 nitrogen and oxygen atoms in total. The monoisotopic (exact) mass is 210 g/mol. The van der Waals surface area contributed by atoms with Crippen molar-refractivity contribution in [2.45, 2.75) is 27.4 Å². The molecule has 1 aromatic carbocycles. The average molecular weight is 210 g/mol. The van der Waals surface area contributed by atoms with E-state index in [1.807, 2.05) is 32.9 Å². The SMILES string of the molecule is CCOc1cc(CO)cc(OCC)c1C. The second-order valence-electron chi connectivity index (χ2n) is 3.24. The van der Waals surface area contributed by atoms with Gasteiger partial charge in [0.2, 0.25) is 0 Å². The van der Waals surface area contributed by atoms with Gasteiger partial charge in [0.25, 0.3) is 0 Å². The Morgan fingerprint density at radius 1 is 1.07 bits per heavy atom. The first-order valence-electron chi connectivity index (χ1n) is 5.22. The summed E-state index contributed by atoms with van der Waals surface area (Å²) in [6.45, 7) is 7.05. The first-order valence-corrected chi connectivity index (χ1v) is 5.22. The summed E-state index contributed by atoms with van der Waals surface area (Å²) >= 11 is 0. The summed E-state index contributed by atoms with van der Waals surface area (Å²) in [6, 6.07) is 3.70. The molecule has 0 radical (unpaired) electrons. The zero-order chi connectivity index (χ0) is 11.3. The van der Waals surface area contributed by atoms with Crippen LogP contribution in [0.2, 0.25) is 0 Å². The van der Waals surface area contributed by atoms with Gasteiger partial charge in [-0.05, 0) is 38.5 Å².